The highest BCUT2D eigenvalue weighted by atomic mass is 16.5. The molecule has 108 valence electrons. The molecule has 1 rings (SSSR count). The SMILES string of the molecule is C#CCOc1ccc(CCNC(=O)[C@H](C)OCC)cc1. The minimum absolute atomic E-state index is 0.0826. The predicted octanol–water partition coefficient (Wildman–Crippen LogP) is 1.78. The van der Waals surface area contributed by atoms with E-state index >= 15 is 0 Å². The van der Waals surface area contributed by atoms with Crippen molar-refractivity contribution >= 4 is 5.91 Å². The number of hydrogen-bond acceptors (Lipinski definition) is 3. The largest absolute Gasteiger partial charge is 0.481 e. The summed E-state index contributed by atoms with van der Waals surface area (Å²) >= 11 is 0. The molecule has 0 fully saturated rings. The summed E-state index contributed by atoms with van der Waals surface area (Å²) in [6.45, 7) is 5.00. The lowest BCUT2D eigenvalue weighted by Gasteiger charge is -2.12. The van der Waals surface area contributed by atoms with Crippen molar-refractivity contribution in [1.82, 2.24) is 5.32 Å². The van der Waals surface area contributed by atoms with Crippen molar-refractivity contribution in [2.75, 3.05) is 19.8 Å². The van der Waals surface area contributed by atoms with E-state index in [4.69, 9.17) is 15.9 Å². The molecule has 0 unspecified atom stereocenters. The third-order valence-electron chi connectivity index (χ3n) is 2.74. The van der Waals surface area contributed by atoms with E-state index in [1.807, 2.05) is 31.2 Å². The number of nitrogens with one attached hydrogen (secondary N) is 1. The quantitative estimate of drug-likeness (QED) is 0.736. The zero-order valence-corrected chi connectivity index (χ0v) is 12.0. The Morgan fingerprint density at radius 3 is 2.70 bits per heavy atom. The van der Waals surface area contributed by atoms with Gasteiger partial charge in [0.15, 0.2) is 0 Å². The maximum Gasteiger partial charge on any atom is 0.248 e. The first-order valence-corrected chi connectivity index (χ1v) is 6.72. The lowest BCUT2D eigenvalue weighted by molar-refractivity contribution is -0.131. The van der Waals surface area contributed by atoms with E-state index in [9.17, 15) is 4.79 Å². The Balaban J connectivity index is 2.32. The number of hydrogen-bond donors (Lipinski definition) is 1. The van der Waals surface area contributed by atoms with Crippen molar-refractivity contribution in [2.45, 2.75) is 26.4 Å². The molecule has 0 saturated carbocycles. The Morgan fingerprint density at radius 2 is 2.10 bits per heavy atom. The molecule has 0 aliphatic carbocycles. The van der Waals surface area contributed by atoms with Crippen molar-refractivity contribution in [3.63, 3.8) is 0 Å². The summed E-state index contributed by atoms with van der Waals surface area (Å²) in [5.41, 5.74) is 1.13. The highest BCUT2D eigenvalue weighted by molar-refractivity contribution is 5.80. The van der Waals surface area contributed by atoms with Gasteiger partial charge in [-0.3, -0.25) is 4.79 Å². The van der Waals surface area contributed by atoms with Gasteiger partial charge in [-0.25, -0.2) is 0 Å². The van der Waals surface area contributed by atoms with Crippen LogP contribution >= 0.6 is 0 Å². The van der Waals surface area contributed by atoms with Gasteiger partial charge in [-0.1, -0.05) is 18.1 Å². The number of carbonyl (C=O) groups is 1. The maximum atomic E-state index is 11.6. The van der Waals surface area contributed by atoms with Crippen molar-refractivity contribution in [3.05, 3.63) is 29.8 Å². The Bertz CT molecular complexity index is 448. The molecule has 0 spiro atoms. The van der Waals surface area contributed by atoms with Crippen LogP contribution < -0.4 is 10.1 Å². The number of benzene rings is 1. The van der Waals surface area contributed by atoms with Crippen LogP contribution in [-0.2, 0) is 16.0 Å². The van der Waals surface area contributed by atoms with E-state index < -0.39 is 6.10 Å². The zero-order chi connectivity index (χ0) is 14.8. The van der Waals surface area contributed by atoms with Crippen LogP contribution in [0.1, 0.15) is 19.4 Å². The van der Waals surface area contributed by atoms with E-state index in [-0.39, 0.29) is 12.5 Å². The van der Waals surface area contributed by atoms with E-state index in [1.165, 1.54) is 0 Å². The molecule has 0 heterocycles. The normalized spacial score (nSPS) is 11.4. The first-order valence-electron chi connectivity index (χ1n) is 6.72. The first-order chi connectivity index (χ1) is 9.67. The van der Waals surface area contributed by atoms with Gasteiger partial charge in [0.05, 0.1) is 0 Å². The highest BCUT2D eigenvalue weighted by Crippen LogP contribution is 2.12. The molecule has 0 radical (unpaired) electrons. The molecule has 1 atom stereocenters. The molecule has 1 N–H and O–H groups in total. The van der Waals surface area contributed by atoms with Crippen molar-refractivity contribution < 1.29 is 14.3 Å². The van der Waals surface area contributed by atoms with Crippen LogP contribution in [0.25, 0.3) is 0 Å². The van der Waals surface area contributed by atoms with Gasteiger partial charge in [0.2, 0.25) is 5.91 Å². The fourth-order valence-electron chi connectivity index (χ4n) is 1.68. The van der Waals surface area contributed by atoms with Crippen LogP contribution in [0.3, 0.4) is 0 Å². The van der Waals surface area contributed by atoms with Gasteiger partial charge in [0.1, 0.15) is 18.5 Å². The number of amides is 1. The lowest BCUT2D eigenvalue weighted by Crippen LogP contribution is -2.35. The number of ether oxygens (including phenoxy) is 2. The van der Waals surface area contributed by atoms with E-state index in [0.29, 0.717) is 13.2 Å². The summed E-state index contributed by atoms with van der Waals surface area (Å²) < 4.78 is 10.5. The molecule has 1 amide bonds. The first kappa shape index (κ1) is 16.1. The average Bonchev–Trinajstić information content (AvgIpc) is 2.46. The minimum Gasteiger partial charge on any atom is -0.481 e. The van der Waals surface area contributed by atoms with Crippen LogP contribution in [0.2, 0.25) is 0 Å². The van der Waals surface area contributed by atoms with Crippen LogP contribution in [0, 0.1) is 12.3 Å². The molecule has 20 heavy (non-hydrogen) atoms. The molecule has 0 bridgehead atoms. The Morgan fingerprint density at radius 1 is 1.40 bits per heavy atom. The molecule has 4 nitrogen and oxygen atoms in total. The molecule has 1 aromatic carbocycles. The zero-order valence-electron chi connectivity index (χ0n) is 12.0. The second-order valence-electron chi connectivity index (χ2n) is 4.28. The van der Waals surface area contributed by atoms with E-state index in [2.05, 4.69) is 11.2 Å². The molecule has 0 aliphatic heterocycles. The third-order valence-corrected chi connectivity index (χ3v) is 2.74. The van der Waals surface area contributed by atoms with Gasteiger partial charge in [0, 0.05) is 13.2 Å². The minimum atomic E-state index is -0.403. The van der Waals surface area contributed by atoms with Crippen molar-refractivity contribution in [1.29, 1.82) is 0 Å². The van der Waals surface area contributed by atoms with Crippen LogP contribution in [0.5, 0.6) is 5.75 Å². The third kappa shape index (κ3) is 5.77. The summed E-state index contributed by atoms with van der Waals surface area (Å²) in [6.07, 6.45) is 5.48. The number of carbonyl (C=O) groups excluding carboxylic acids is 1. The molecule has 0 aromatic heterocycles. The molecule has 0 aliphatic rings. The monoisotopic (exact) mass is 275 g/mol. The standard InChI is InChI=1S/C16H21NO3/c1-4-12-20-15-8-6-14(7-9-15)10-11-17-16(18)13(3)19-5-2/h1,6-9,13H,5,10-12H2,2-3H3,(H,17,18)/t13-/m0/s1. The molecule has 4 heteroatoms. The topological polar surface area (TPSA) is 47.6 Å². The lowest BCUT2D eigenvalue weighted by atomic mass is 10.1. The van der Waals surface area contributed by atoms with Gasteiger partial charge < -0.3 is 14.8 Å². The summed E-state index contributed by atoms with van der Waals surface area (Å²) in [6, 6.07) is 7.67. The summed E-state index contributed by atoms with van der Waals surface area (Å²) in [5.74, 6) is 3.08. The Hall–Kier alpha value is -1.99. The van der Waals surface area contributed by atoms with Gasteiger partial charge >= 0.3 is 0 Å². The second kappa shape index (κ2) is 9.00. The second-order valence-corrected chi connectivity index (χ2v) is 4.28. The Labute approximate surface area is 120 Å². The van der Waals surface area contributed by atoms with Crippen molar-refractivity contribution in [3.8, 4) is 18.1 Å². The fourth-order valence-corrected chi connectivity index (χ4v) is 1.68. The molecular weight excluding hydrogens is 254 g/mol. The fraction of sp³-hybridized carbons (Fsp3) is 0.438. The van der Waals surface area contributed by atoms with Gasteiger partial charge in [-0.2, -0.15) is 0 Å². The van der Waals surface area contributed by atoms with Crippen LogP contribution in [-0.4, -0.2) is 31.8 Å². The number of rotatable bonds is 8. The van der Waals surface area contributed by atoms with Crippen molar-refractivity contribution in [2.24, 2.45) is 0 Å². The molecule has 0 saturated heterocycles. The van der Waals surface area contributed by atoms with Crippen LogP contribution in [0.15, 0.2) is 24.3 Å². The Kier molecular flexibility index (Phi) is 7.23. The van der Waals surface area contributed by atoms with Gasteiger partial charge in [-0.15, -0.1) is 6.42 Å². The smallest absolute Gasteiger partial charge is 0.248 e. The number of terminal acetylenes is 1. The summed E-state index contributed by atoms with van der Waals surface area (Å²) in [4.78, 5) is 11.6. The van der Waals surface area contributed by atoms with Gasteiger partial charge in [-0.05, 0) is 38.0 Å². The maximum absolute atomic E-state index is 11.6. The average molecular weight is 275 g/mol. The van der Waals surface area contributed by atoms with E-state index in [1.54, 1.807) is 6.92 Å². The van der Waals surface area contributed by atoms with E-state index in [0.717, 1.165) is 17.7 Å². The molecular formula is C16H21NO3. The highest BCUT2D eigenvalue weighted by Gasteiger charge is 2.11. The van der Waals surface area contributed by atoms with Crippen LogP contribution in [0.4, 0.5) is 0 Å². The predicted molar refractivity (Wildman–Crippen MR) is 78.6 cm³/mol. The molecule has 1 aromatic rings. The summed E-state index contributed by atoms with van der Waals surface area (Å²) in [5, 5.41) is 2.84. The summed E-state index contributed by atoms with van der Waals surface area (Å²) in [7, 11) is 0. The van der Waals surface area contributed by atoms with Gasteiger partial charge in [0.25, 0.3) is 0 Å².